The van der Waals surface area contributed by atoms with Gasteiger partial charge in [0.05, 0.1) is 16.1 Å². The highest BCUT2D eigenvalue weighted by molar-refractivity contribution is 9.08. The second-order valence-corrected chi connectivity index (χ2v) is 5.40. The van der Waals surface area contributed by atoms with Crippen LogP contribution in [0.25, 0.3) is 0 Å². The van der Waals surface area contributed by atoms with Gasteiger partial charge in [-0.05, 0) is 0 Å². The summed E-state index contributed by atoms with van der Waals surface area (Å²) in [4.78, 5) is 22.2. The van der Waals surface area contributed by atoms with Crippen LogP contribution in [0.15, 0.2) is 0 Å². The van der Waals surface area contributed by atoms with Crippen LogP contribution in [0.2, 0.25) is 0 Å². The monoisotopic (exact) mass is 313 g/mol. The molecule has 0 atom stereocenters. The van der Waals surface area contributed by atoms with Crippen LogP contribution in [-0.2, 0) is 9.59 Å². The summed E-state index contributed by atoms with van der Waals surface area (Å²) < 4.78 is -3.78. The number of halogens is 5. The number of alkyl halides is 4. The SMILES string of the molecule is O=C1N(Br)C(=O)C(Cl)(Cl)C1(Cl)Cl. The van der Waals surface area contributed by atoms with Crippen LogP contribution in [0.4, 0.5) is 0 Å². The van der Waals surface area contributed by atoms with Crippen LogP contribution in [-0.4, -0.2) is 24.4 Å². The first kappa shape index (κ1) is 10.9. The number of rotatable bonds is 0. The third kappa shape index (κ3) is 1.16. The van der Waals surface area contributed by atoms with Gasteiger partial charge in [0.2, 0.25) is 8.67 Å². The molecule has 0 aromatic rings. The second-order valence-electron chi connectivity index (χ2n) is 2.04. The highest BCUT2D eigenvalue weighted by Crippen LogP contribution is 2.50. The van der Waals surface area contributed by atoms with Gasteiger partial charge >= 0.3 is 0 Å². The quantitative estimate of drug-likeness (QED) is 0.389. The molecule has 0 N–H and O–H groups in total. The van der Waals surface area contributed by atoms with Crippen LogP contribution in [0.3, 0.4) is 0 Å². The van der Waals surface area contributed by atoms with Gasteiger partial charge in [0.1, 0.15) is 0 Å². The third-order valence-electron chi connectivity index (χ3n) is 1.29. The van der Waals surface area contributed by atoms with Crippen molar-refractivity contribution in [3.63, 3.8) is 0 Å². The van der Waals surface area contributed by atoms with Crippen molar-refractivity contribution in [2.45, 2.75) is 8.67 Å². The minimum Gasteiger partial charge on any atom is -0.270 e. The number of imide groups is 1. The number of hydrogen-bond acceptors (Lipinski definition) is 2. The molecule has 0 aromatic carbocycles. The predicted octanol–water partition coefficient (Wildman–Crippen LogP) is 2.01. The zero-order valence-electron chi connectivity index (χ0n) is 5.15. The Balaban J connectivity index is 3.24. The molecule has 0 saturated carbocycles. The van der Waals surface area contributed by atoms with Gasteiger partial charge in [-0.2, -0.15) is 0 Å². The number of hydrogen-bond donors (Lipinski definition) is 0. The van der Waals surface area contributed by atoms with Crippen molar-refractivity contribution < 1.29 is 9.59 Å². The van der Waals surface area contributed by atoms with Gasteiger partial charge < -0.3 is 0 Å². The van der Waals surface area contributed by atoms with Crippen molar-refractivity contribution in [1.29, 1.82) is 0 Å². The molecular formula is C4BrCl4NO2. The number of amides is 2. The fraction of sp³-hybridized carbons (Fsp3) is 0.500. The summed E-state index contributed by atoms with van der Waals surface area (Å²) in [5, 5.41) is 0. The second kappa shape index (κ2) is 2.89. The average molecular weight is 316 g/mol. The zero-order valence-corrected chi connectivity index (χ0v) is 9.76. The molecule has 68 valence electrons. The number of carbonyl (C=O) groups excluding carboxylic acids is 2. The Labute approximate surface area is 96.2 Å². The maximum absolute atomic E-state index is 11.1. The van der Waals surface area contributed by atoms with Crippen molar-refractivity contribution in [3.8, 4) is 0 Å². The lowest BCUT2D eigenvalue weighted by atomic mass is 10.3. The molecule has 1 heterocycles. The molecule has 3 nitrogen and oxygen atoms in total. The smallest absolute Gasteiger partial charge is 0.270 e. The summed E-state index contributed by atoms with van der Waals surface area (Å²) in [7, 11) is 0. The van der Waals surface area contributed by atoms with Crippen molar-refractivity contribution in [1.82, 2.24) is 3.93 Å². The van der Waals surface area contributed by atoms with Gasteiger partial charge in [0.15, 0.2) is 0 Å². The molecule has 1 aliphatic heterocycles. The van der Waals surface area contributed by atoms with E-state index in [1.807, 2.05) is 0 Å². The maximum Gasteiger partial charge on any atom is 0.279 e. The van der Waals surface area contributed by atoms with E-state index < -0.39 is 20.5 Å². The molecule has 0 aromatic heterocycles. The Bertz CT molecular complexity index is 240. The Morgan fingerprint density at radius 1 is 1.00 bits per heavy atom. The molecule has 8 heteroatoms. The summed E-state index contributed by atoms with van der Waals surface area (Å²) in [6.45, 7) is 0. The molecule has 1 fully saturated rings. The van der Waals surface area contributed by atoms with Crippen LogP contribution >= 0.6 is 62.6 Å². The first-order chi connectivity index (χ1) is 5.23. The third-order valence-corrected chi connectivity index (χ3v) is 4.10. The summed E-state index contributed by atoms with van der Waals surface area (Å²) in [5.41, 5.74) is 0. The van der Waals surface area contributed by atoms with Crippen LogP contribution in [0.1, 0.15) is 0 Å². The fourth-order valence-corrected chi connectivity index (χ4v) is 2.21. The molecule has 1 saturated heterocycles. The van der Waals surface area contributed by atoms with E-state index in [1.54, 1.807) is 0 Å². The van der Waals surface area contributed by atoms with Crippen molar-refractivity contribution in [3.05, 3.63) is 0 Å². The first-order valence-electron chi connectivity index (χ1n) is 2.53. The van der Waals surface area contributed by atoms with Crippen molar-refractivity contribution >= 4 is 74.4 Å². The van der Waals surface area contributed by atoms with Gasteiger partial charge in [0, 0.05) is 0 Å². The normalized spacial score (nSPS) is 26.6. The molecule has 12 heavy (non-hydrogen) atoms. The fourth-order valence-electron chi connectivity index (χ4n) is 0.607. The standard InChI is InChI=1S/C4BrCl4NO2/c5-10-1(11)3(6,7)4(8,9)2(10)12. The Hall–Kier alpha value is 0.780. The minimum absolute atomic E-state index is 0.507. The summed E-state index contributed by atoms with van der Waals surface area (Å²) in [6.07, 6.45) is 0. The van der Waals surface area contributed by atoms with E-state index in [0.29, 0.717) is 3.93 Å². The van der Waals surface area contributed by atoms with E-state index in [0.717, 1.165) is 0 Å². The maximum atomic E-state index is 11.1. The van der Waals surface area contributed by atoms with Crippen LogP contribution < -0.4 is 0 Å². The lowest BCUT2D eigenvalue weighted by Gasteiger charge is -2.17. The number of carbonyl (C=O) groups is 2. The lowest BCUT2D eigenvalue weighted by molar-refractivity contribution is -0.131. The summed E-state index contributed by atoms with van der Waals surface area (Å²) in [5.74, 6) is -1.80. The molecule has 1 rings (SSSR count). The van der Waals surface area contributed by atoms with E-state index in [9.17, 15) is 9.59 Å². The van der Waals surface area contributed by atoms with E-state index in [1.165, 1.54) is 0 Å². The molecular weight excluding hydrogens is 316 g/mol. The highest BCUT2D eigenvalue weighted by Gasteiger charge is 2.67. The Kier molecular flexibility index (Phi) is 2.61. The topological polar surface area (TPSA) is 37.4 Å². The van der Waals surface area contributed by atoms with Crippen molar-refractivity contribution in [2.24, 2.45) is 0 Å². The highest BCUT2D eigenvalue weighted by atomic mass is 79.9. The largest absolute Gasteiger partial charge is 0.279 e. The van der Waals surface area contributed by atoms with Gasteiger partial charge in [-0.15, -0.1) is 0 Å². The van der Waals surface area contributed by atoms with E-state index >= 15 is 0 Å². The summed E-state index contributed by atoms with van der Waals surface area (Å²) in [6, 6.07) is 0. The molecule has 0 bridgehead atoms. The summed E-state index contributed by atoms with van der Waals surface area (Å²) >= 11 is 24.5. The minimum atomic E-state index is -2.14. The lowest BCUT2D eigenvalue weighted by Crippen LogP contribution is -2.38. The zero-order chi connectivity index (χ0) is 9.73. The van der Waals surface area contributed by atoms with Gasteiger partial charge in [-0.1, -0.05) is 46.4 Å². The Morgan fingerprint density at radius 2 is 1.25 bits per heavy atom. The molecule has 0 radical (unpaired) electrons. The molecule has 1 aliphatic rings. The van der Waals surface area contributed by atoms with Gasteiger partial charge in [0.25, 0.3) is 11.8 Å². The number of nitrogens with zero attached hydrogens (tertiary/aromatic N) is 1. The van der Waals surface area contributed by atoms with Crippen LogP contribution in [0, 0.1) is 0 Å². The predicted molar refractivity (Wildman–Crippen MR) is 49.7 cm³/mol. The van der Waals surface area contributed by atoms with E-state index in [-0.39, 0.29) is 0 Å². The van der Waals surface area contributed by atoms with Gasteiger partial charge in [-0.25, -0.2) is 3.93 Å². The van der Waals surface area contributed by atoms with Crippen LogP contribution in [0.5, 0.6) is 0 Å². The van der Waals surface area contributed by atoms with Gasteiger partial charge in [-0.3, -0.25) is 9.59 Å². The molecule has 0 spiro atoms. The van der Waals surface area contributed by atoms with Crippen molar-refractivity contribution in [2.75, 3.05) is 0 Å². The van der Waals surface area contributed by atoms with E-state index in [2.05, 4.69) is 16.1 Å². The average Bonchev–Trinajstić information content (AvgIpc) is 2.05. The molecule has 0 aliphatic carbocycles. The van der Waals surface area contributed by atoms with E-state index in [4.69, 9.17) is 46.4 Å². The molecule has 2 amide bonds. The Morgan fingerprint density at radius 3 is 1.33 bits per heavy atom. The first-order valence-corrected chi connectivity index (χ1v) is 4.75. The molecule has 0 unspecified atom stereocenters.